The number of methoxy groups -OCH3 is 1. The van der Waals surface area contributed by atoms with Crippen molar-refractivity contribution in [3.63, 3.8) is 0 Å². The molecule has 0 amide bonds. The van der Waals surface area contributed by atoms with Crippen molar-refractivity contribution in [2.45, 2.75) is 64.2 Å². The van der Waals surface area contributed by atoms with Crippen LogP contribution in [0.3, 0.4) is 0 Å². The van der Waals surface area contributed by atoms with Gasteiger partial charge in [-0.05, 0) is 73.5 Å². The molecule has 116 valence electrons. The number of benzene rings is 1. The Kier molecular flexibility index (Phi) is 4.87. The standard InChI is InChI=1S/C20H30O/c1-3-4-15-5-6-19-14-18(8-7-17(19)13-15)16-9-11-20(21-2)12-10-16/h9-12,15,17-19H,3-8,13-14H2,1-2H3. The van der Waals surface area contributed by atoms with Crippen molar-refractivity contribution >= 4 is 0 Å². The molecule has 4 unspecified atom stereocenters. The van der Waals surface area contributed by atoms with Gasteiger partial charge in [-0.1, -0.05) is 38.3 Å². The van der Waals surface area contributed by atoms with Crippen molar-refractivity contribution in [1.82, 2.24) is 0 Å². The summed E-state index contributed by atoms with van der Waals surface area (Å²) in [5.74, 6) is 4.84. The fourth-order valence-corrected chi connectivity index (χ4v) is 4.84. The van der Waals surface area contributed by atoms with Crippen molar-refractivity contribution in [3.05, 3.63) is 29.8 Å². The van der Waals surface area contributed by atoms with Crippen LogP contribution in [0.1, 0.15) is 69.8 Å². The van der Waals surface area contributed by atoms with Gasteiger partial charge in [0.25, 0.3) is 0 Å². The normalized spacial score (nSPS) is 32.5. The van der Waals surface area contributed by atoms with Crippen LogP contribution < -0.4 is 4.74 Å². The van der Waals surface area contributed by atoms with E-state index in [2.05, 4.69) is 31.2 Å². The van der Waals surface area contributed by atoms with E-state index in [-0.39, 0.29) is 0 Å². The van der Waals surface area contributed by atoms with Crippen LogP contribution in [-0.4, -0.2) is 7.11 Å². The van der Waals surface area contributed by atoms with Gasteiger partial charge in [-0.25, -0.2) is 0 Å². The number of hydrogen-bond acceptors (Lipinski definition) is 1. The average molecular weight is 286 g/mol. The molecule has 1 aromatic carbocycles. The first-order valence-electron chi connectivity index (χ1n) is 8.94. The van der Waals surface area contributed by atoms with E-state index < -0.39 is 0 Å². The molecule has 4 atom stereocenters. The van der Waals surface area contributed by atoms with Gasteiger partial charge in [0.2, 0.25) is 0 Å². The van der Waals surface area contributed by atoms with Gasteiger partial charge < -0.3 is 4.74 Å². The molecule has 1 nitrogen and oxygen atoms in total. The first-order valence-corrected chi connectivity index (χ1v) is 8.94. The summed E-state index contributed by atoms with van der Waals surface area (Å²) >= 11 is 0. The third-order valence-corrected chi connectivity index (χ3v) is 6.01. The van der Waals surface area contributed by atoms with Crippen molar-refractivity contribution in [1.29, 1.82) is 0 Å². The van der Waals surface area contributed by atoms with Crippen LogP contribution in [0.2, 0.25) is 0 Å². The Bertz CT molecular complexity index is 436. The van der Waals surface area contributed by atoms with Crippen LogP contribution in [-0.2, 0) is 0 Å². The molecule has 2 saturated carbocycles. The number of ether oxygens (including phenoxy) is 1. The molecule has 0 heterocycles. The summed E-state index contributed by atoms with van der Waals surface area (Å²) in [5.41, 5.74) is 1.53. The Hall–Kier alpha value is -0.980. The molecule has 2 aliphatic carbocycles. The number of hydrogen-bond donors (Lipinski definition) is 0. The molecule has 2 aliphatic rings. The topological polar surface area (TPSA) is 9.23 Å². The smallest absolute Gasteiger partial charge is 0.118 e. The molecule has 0 radical (unpaired) electrons. The number of rotatable bonds is 4. The lowest BCUT2D eigenvalue weighted by Crippen LogP contribution is -2.30. The SMILES string of the molecule is CCCC1CCC2CC(c3ccc(OC)cc3)CCC2C1. The van der Waals surface area contributed by atoms with Crippen molar-refractivity contribution < 1.29 is 4.74 Å². The molecular weight excluding hydrogens is 256 g/mol. The molecule has 1 aromatic rings. The van der Waals surface area contributed by atoms with E-state index in [9.17, 15) is 0 Å². The lowest BCUT2D eigenvalue weighted by Gasteiger charge is -2.42. The van der Waals surface area contributed by atoms with E-state index in [1.165, 1.54) is 56.9 Å². The summed E-state index contributed by atoms with van der Waals surface area (Å²) < 4.78 is 5.28. The summed E-state index contributed by atoms with van der Waals surface area (Å²) in [6.45, 7) is 2.34. The van der Waals surface area contributed by atoms with Crippen LogP contribution in [0, 0.1) is 17.8 Å². The van der Waals surface area contributed by atoms with Crippen LogP contribution in [0.5, 0.6) is 5.75 Å². The summed E-state index contributed by atoms with van der Waals surface area (Å²) in [7, 11) is 1.75. The van der Waals surface area contributed by atoms with Gasteiger partial charge in [0.05, 0.1) is 7.11 Å². The zero-order valence-electron chi connectivity index (χ0n) is 13.7. The third-order valence-electron chi connectivity index (χ3n) is 6.01. The van der Waals surface area contributed by atoms with Gasteiger partial charge in [-0.3, -0.25) is 0 Å². The maximum atomic E-state index is 5.28. The molecule has 3 rings (SSSR count). The fraction of sp³-hybridized carbons (Fsp3) is 0.700. The molecule has 0 spiro atoms. The second kappa shape index (κ2) is 6.85. The van der Waals surface area contributed by atoms with Gasteiger partial charge in [0.15, 0.2) is 0 Å². The highest BCUT2D eigenvalue weighted by Gasteiger charge is 2.35. The molecule has 21 heavy (non-hydrogen) atoms. The largest absolute Gasteiger partial charge is 0.497 e. The molecule has 2 fully saturated rings. The van der Waals surface area contributed by atoms with Crippen molar-refractivity contribution in [3.8, 4) is 5.75 Å². The van der Waals surface area contributed by atoms with Gasteiger partial charge in [-0.15, -0.1) is 0 Å². The molecule has 0 saturated heterocycles. The summed E-state index contributed by atoms with van der Waals surface area (Å²) in [4.78, 5) is 0. The summed E-state index contributed by atoms with van der Waals surface area (Å²) in [6, 6.07) is 8.82. The minimum atomic E-state index is 0.792. The zero-order valence-corrected chi connectivity index (χ0v) is 13.7. The van der Waals surface area contributed by atoms with Crippen LogP contribution in [0.15, 0.2) is 24.3 Å². The highest BCUT2D eigenvalue weighted by molar-refractivity contribution is 5.29. The lowest BCUT2D eigenvalue weighted by molar-refractivity contribution is 0.114. The maximum absolute atomic E-state index is 5.28. The minimum absolute atomic E-state index is 0.792. The van der Waals surface area contributed by atoms with Gasteiger partial charge >= 0.3 is 0 Å². The van der Waals surface area contributed by atoms with Gasteiger partial charge in [0, 0.05) is 0 Å². The Morgan fingerprint density at radius 3 is 2.38 bits per heavy atom. The Morgan fingerprint density at radius 2 is 1.67 bits per heavy atom. The monoisotopic (exact) mass is 286 g/mol. The van der Waals surface area contributed by atoms with Crippen molar-refractivity contribution in [2.75, 3.05) is 7.11 Å². The average Bonchev–Trinajstić information content (AvgIpc) is 2.55. The second-order valence-electron chi connectivity index (χ2n) is 7.27. The van der Waals surface area contributed by atoms with Gasteiger partial charge in [-0.2, -0.15) is 0 Å². The van der Waals surface area contributed by atoms with E-state index in [1.807, 2.05) is 0 Å². The zero-order chi connectivity index (χ0) is 14.7. The second-order valence-corrected chi connectivity index (χ2v) is 7.27. The molecule has 0 aromatic heterocycles. The molecular formula is C20H30O. The highest BCUT2D eigenvalue weighted by atomic mass is 16.5. The highest BCUT2D eigenvalue weighted by Crippen LogP contribution is 2.48. The quantitative estimate of drug-likeness (QED) is 0.680. The third kappa shape index (κ3) is 3.44. The predicted octanol–water partition coefficient (Wildman–Crippen LogP) is 5.80. The maximum Gasteiger partial charge on any atom is 0.118 e. The Labute approximate surface area is 130 Å². The minimum Gasteiger partial charge on any atom is -0.497 e. The summed E-state index contributed by atoms with van der Waals surface area (Å²) in [6.07, 6.45) is 11.6. The first kappa shape index (κ1) is 14.9. The van der Waals surface area contributed by atoms with E-state index in [4.69, 9.17) is 4.74 Å². The van der Waals surface area contributed by atoms with Crippen molar-refractivity contribution in [2.24, 2.45) is 17.8 Å². The van der Waals surface area contributed by atoms with Crippen LogP contribution in [0.4, 0.5) is 0 Å². The molecule has 1 heteroatoms. The van der Waals surface area contributed by atoms with E-state index >= 15 is 0 Å². The Balaban J connectivity index is 1.60. The predicted molar refractivity (Wildman–Crippen MR) is 88.8 cm³/mol. The fourth-order valence-electron chi connectivity index (χ4n) is 4.84. The van der Waals surface area contributed by atoms with E-state index in [0.29, 0.717) is 0 Å². The van der Waals surface area contributed by atoms with E-state index in [1.54, 1.807) is 7.11 Å². The van der Waals surface area contributed by atoms with Gasteiger partial charge in [0.1, 0.15) is 5.75 Å². The van der Waals surface area contributed by atoms with Crippen LogP contribution in [0.25, 0.3) is 0 Å². The number of fused-ring (bicyclic) bond motifs is 1. The molecule has 0 aliphatic heterocycles. The Morgan fingerprint density at radius 1 is 0.952 bits per heavy atom. The lowest BCUT2D eigenvalue weighted by atomic mass is 9.63. The van der Waals surface area contributed by atoms with E-state index in [0.717, 1.165) is 29.4 Å². The first-order chi connectivity index (χ1) is 10.3. The molecule has 0 bridgehead atoms. The summed E-state index contributed by atoms with van der Waals surface area (Å²) in [5, 5.41) is 0. The van der Waals surface area contributed by atoms with Crippen LogP contribution >= 0.6 is 0 Å². The molecule has 0 N–H and O–H groups in total.